The Morgan fingerprint density at radius 3 is 1.93 bits per heavy atom. The average molecular weight is 398 g/mol. The van der Waals surface area contributed by atoms with Gasteiger partial charge in [-0.2, -0.15) is 0 Å². The number of carbonyl (C=O) groups excluding carboxylic acids is 2. The molecule has 3 aromatic carbocycles. The van der Waals surface area contributed by atoms with Crippen LogP contribution in [0, 0.1) is 0 Å². The molecule has 0 saturated carbocycles. The van der Waals surface area contributed by atoms with Crippen molar-refractivity contribution in [1.29, 1.82) is 0 Å². The van der Waals surface area contributed by atoms with Crippen LogP contribution in [0.1, 0.15) is 51.1 Å². The van der Waals surface area contributed by atoms with Gasteiger partial charge in [-0.05, 0) is 12.5 Å². The molecule has 0 bridgehead atoms. The summed E-state index contributed by atoms with van der Waals surface area (Å²) in [6, 6.07) is 26.2. The first-order valence-corrected chi connectivity index (χ1v) is 10.3. The van der Waals surface area contributed by atoms with Crippen LogP contribution in [-0.2, 0) is 15.3 Å². The maximum atomic E-state index is 13.7. The van der Waals surface area contributed by atoms with Gasteiger partial charge in [-0.3, -0.25) is 9.59 Å². The maximum Gasteiger partial charge on any atom is 0.204 e. The lowest BCUT2D eigenvalue weighted by Crippen LogP contribution is -2.47. The molecule has 1 fully saturated rings. The Morgan fingerprint density at radius 1 is 0.833 bits per heavy atom. The molecule has 0 unspecified atom stereocenters. The number of ketones is 2. The summed E-state index contributed by atoms with van der Waals surface area (Å²) < 4.78 is 12.8. The molecule has 4 heteroatoms. The van der Waals surface area contributed by atoms with Crippen molar-refractivity contribution >= 4 is 11.6 Å². The standard InChI is InChI=1S/C26H22O4/c1-2-29-25(19-13-7-4-8-14-19)17-22(18-11-5-3-6-12-18)26(30-25)23(27)20-15-9-10-16-21(20)24(26)28/h3-16,22H,2,17H2,1H3/t22-,25-/m0/s1. The molecule has 2 atom stereocenters. The second-order valence-corrected chi connectivity index (χ2v) is 7.76. The molecule has 1 saturated heterocycles. The van der Waals surface area contributed by atoms with Crippen LogP contribution in [0.3, 0.4) is 0 Å². The highest BCUT2D eigenvalue weighted by Gasteiger charge is 2.68. The molecule has 0 aromatic heterocycles. The van der Waals surface area contributed by atoms with Crippen LogP contribution >= 0.6 is 0 Å². The van der Waals surface area contributed by atoms with Gasteiger partial charge in [0.15, 0.2) is 5.79 Å². The van der Waals surface area contributed by atoms with Crippen molar-refractivity contribution in [2.45, 2.75) is 30.7 Å². The molecule has 30 heavy (non-hydrogen) atoms. The van der Waals surface area contributed by atoms with Crippen LogP contribution < -0.4 is 0 Å². The van der Waals surface area contributed by atoms with E-state index in [0.29, 0.717) is 24.2 Å². The molecule has 1 aliphatic heterocycles. The molecule has 2 aliphatic rings. The molecular formula is C26H22O4. The summed E-state index contributed by atoms with van der Waals surface area (Å²) in [4.78, 5) is 27.5. The number of fused-ring (bicyclic) bond motifs is 1. The van der Waals surface area contributed by atoms with Gasteiger partial charge in [0, 0.05) is 35.6 Å². The van der Waals surface area contributed by atoms with Gasteiger partial charge < -0.3 is 9.47 Å². The quantitative estimate of drug-likeness (QED) is 0.587. The van der Waals surface area contributed by atoms with E-state index in [2.05, 4.69) is 0 Å². The number of carbonyl (C=O) groups is 2. The fourth-order valence-electron chi connectivity index (χ4n) is 4.89. The summed E-state index contributed by atoms with van der Waals surface area (Å²) in [7, 11) is 0. The van der Waals surface area contributed by atoms with Crippen molar-refractivity contribution in [3.63, 3.8) is 0 Å². The molecule has 1 heterocycles. The largest absolute Gasteiger partial charge is 0.346 e. The van der Waals surface area contributed by atoms with Gasteiger partial charge >= 0.3 is 0 Å². The Balaban J connectivity index is 1.73. The highest BCUT2D eigenvalue weighted by atomic mass is 16.7. The molecule has 0 N–H and O–H groups in total. The predicted molar refractivity (Wildman–Crippen MR) is 112 cm³/mol. The van der Waals surface area contributed by atoms with E-state index >= 15 is 0 Å². The van der Waals surface area contributed by atoms with Crippen LogP contribution in [-0.4, -0.2) is 23.8 Å². The fraction of sp³-hybridized carbons (Fsp3) is 0.231. The number of Topliss-reactive ketones (excluding diaryl/α,β-unsaturated/α-hetero) is 2. The molecule has 1 spiro atoms. The van der Waals surface area contributed by atoms with Crippen LogP contribution in [0.4, 0.5) is 0 Å². The topological polar surface area (TPSA) is 52.6 Å². The maximum absolute atomic E-state index is 13.7. The lowest BCUT2D eigenvalue weighted by atomic mass is 9.77. The summed E-state index contributed by atoms with van der Waals surface area (Å²) >= 11 is 0. The van der Waals surface area contributed by atoms with E-state index in [0.717, 1.165) is 11.1 Å². The molecule has 0 amide bonds. The van der Waals surface area contributed by atoms with E-state index in [4.69, 9.17) is 9.47 Å². The monoisotopic (exact) mass is 398 g/mol. The van der Waals surface area contributed by atoms with Gasteiger partial charge in [0.05, 0.1) is 0 Å². The van der Waals surface area contributed by atoms with E-state index in [1.165, 1.54) is 0 Å². The highest BCUT2D eigenvalue weighted by Crippen LogP contribution is 2.57. The lowest BCUT2D eigenvalue weighted by molar-refractivity contribution is -0.238. The van der Waals surface area contributed by atoms with Crippen molar-refractivity contribution in [3.05, 3.63) is 107 Å². The van der Waals surface area contributed by atoms with Crippen LogP contribution in [0.5, 0.6) is 0 Å². The predicted octanol–water partition coefficient (Wildman–Crippen LogP) is 4.90. The van der Waals surface area contributed by atoms with Gasteiger partial charge in [-0.1, -0.05) is 84.9 Å². The third kappa shape index (κ3) is 2.54. The second kappa shape index (κ2) is 7.01. The van der Waals surface area contributed by atoms with E-state index in [-0.39, 0.29) is 11.6 Å². The molecule has 4 nitrogen and oxygen atoms in total. The van der Waals surface area contributed by atoms with E-state index < -0.39 is 17.3 Å². The van der Waals surface area contributed by atoms with Crippen molar-refractivity contribution in [3.8, 4) is 0 Å². The van der Waals surface area contributed by atoms with Crippen molar-refractivity contribution in [2.24, 2.45) is 0 Å². The van der Waals surface area contributed by atoms with Crippen LogP contribution in [0.2, 0.25) is 0 Å². The Kier molecular flexibility index (Phi) is 4.42. The Morgan fingerprint density at radius 2 is 1.37 bits per heavy atom. The molecule has 0 radical (unpaired) electrons. The number of benzene rings is 3. The summed E-state index contributed by atoms with van der Waals surface area (Å²) in [6.45, 7) is 2.28. The highest BCUT2D eigenvalue weighted by molar-refractivity contribution is 6.33. The summed E-state index contributed by atoms with van der Waals surface area (Å²) in [5, 5.41) is 0. The van der Waals surface area contributed by atoms with Crippen LogP contribution in [0.25, 0.3) is 0 Å². The summed E-state index contributed by atoms with van der Waals surface area (Å²) in [5.41, 5.74) is 0.911. The van der Waals surface area contributed by atoms with Gasteiger partial charge in [0.2, 0.25) is 17.2 Å². The molecule has 5 rings (SSSR count). The first-order chi connectivity index (χ1) is 14.6. The Bertz CT molecular complexity index is 1070. The van der Waals surface area contributed by atoms with E-state index in [1.54, 1.807) is 24.3 Å². The normalized spacial score (nSPS) is 24.4. The third-order valence-electron chi connectivity index (χ3n) is 6.17. The van der Waals surface area contributed by atoms with Gasteiger partial charge in [0.25, 0.3) is 0 Å². The summed E-state index contributed by atoms with van der Waals surface area (Å²) in [6.07, 6.45) is 0.375. The second-order valence-electron chi connectivity index (χ2n) is 7.76. The summed E-state index contributed by atoms with van der Waals surface area (Å²) in [5.74, 6) is -2.20. The van der Waals surface area contributed by atoms with Gasteiger partial charge in [0.1, 0.15) is 0 Å². The molecule has 150 valence electrons. The SMILES string of the molecule is CCO[C@@]1(c2ccccc2)C[C@@H](c2ccccc2)C2(O1)C(=O)c1ccccc1C2=O. The van der Waals surface area contributed by atoms with Crippen molar-refractivity contribution in [2.75, 3.05) is 6.61 Å². The number of hydrogen-bond acceptors (Lipinski definition) is 4. The average Bonchev–Trinajstić information content (AvgIpc) is 3.26. The lowest BCUT2D eigenvalue weighted by Gasteiger charge is -2.32. The number of rotatable bonds is 4. The zero-order valence-electron chi connectivity index (χ0n) is 16.7. The van der Waals surface area contributed by atoms with Gasteiger partial charge in [-0.15, -0.1) is 0 Å². The first-order valence-electron chi connectivity index (χ1n) is 10.3. The number of hydrogen-bond donors (Lipinski definition) is 0. The van der Waals surface area contributed by atoms with Crippen molar-refractivity contribution in [1.82, 2.24) is 0 Å². The minimum Gasteiger partial charge on any atom is -0.346 e. The smallest absolute Gasteiger partial charge is 0.204 e. The molecule has 3 aromatic rings. The zero-order valence-corrected chi connectivity index (χ0v) is 16.7. The molecule has 1 aliphatic carbocycles. The minimum atomic E-state index is -1.63. The molecular weight excluding hydrogens is 376 g/mol. The first kappa shape index (κ1) is 18.9. The van der Waals surface area contributed by atoms with Crippen LogP contribution in [0.15, 0.2) is 84.9 Å². The van der Waals surface area contributed by atoms with E-state index in [1.807, 2.05) is 67.6 Å². The van der Waals surface area contributed by atoms with Crippen molar-refractivity contribution < 1.29 is 19.1 Å². The zero-order chi connectivity index (χ0) is 20.8. The Labute approximate surface area is 175 Å². The Hall–Kier alpha value is -3.08. The minimum absolute atomic E-state index is 0.283. The number of ether oxygens (including phenoxy) is 2. The fourth-order valence-corrected chi connectivity index (χ4v) is 4.89. The van der Waals surface area contributed by atoms with Gasteiger partial charge in [-0.25, -0.2) is 0 Å². The van der Waals surface area contributed by atoms with E-state index in [9.17, 15) is 9.59 Å². The third-order valence-corrected chi connectivity index (χ3v) is 6.17.